The van der Waals surface area contributed by atoms with E-state index in [2.05, 4.69) is 26.7 Å². The Hall–Kier alpha value is -2.13. The van der Waals surface area contributed by atoms with Gasteiger partial charge in [-0.3, -0.25) is 4.90 Å². The maximum Gasteiger partial charge on any atom is 0.250 e. The van der Waals surface area contributed by atoms with E-state index in [0.29, 0.717) is 4.21 Å². The van der Waals surface area contributed by atoms with Crippen LogP contribution in [-0.2, 0) is 10.0 Å². The highest BCUT2D eigenvalue weighted by Gasteiger charge is 2.28. The molecular weight excluding hydrogens is 394 g/mol. The second-order valence-electron chi connectivity index (χ2n) is 6.67. The Balaban J connectivity index is 1.44. The summed E-state index contributed by atoms with van der Waals surface area (Å²) in [5.74, 6) is 0.780. The number of rotatable bonds is 7. The number of anilines is 1. The summed E-state index contributed by atoms with van der Waals surface area (Å²) in [6.45, 7) is 3.72. The molecule has 28 heavy (non-hydrogen) atoms. The number of piperazine rings is 1. The van der Waals surface area contributed by atoms with E-state index in [9.17, 15) is 8.42 Å². The fourth-order valence-corrected chi connectivity index (χ4v) is 5.57. The summed E-state index contributed by atoms with van der Waals surface area (Å²) >= 11 is 1.22. The highest BCUT2D eigenvalue weighted by atomic mass is 32.2. The van der Waals surface area contributed by atoms with Gasteiger partial charge in [-0.15, -0.1) is 11.3 Å². The number of sulfonamides is 1. The molecule has 148 valence electrons. The van der Waals surface area contributed by atoms with E-state index in [1.54, 1.807) is 23.8 Å². The number of thiophene rings is 1. The number of para-hydroxylation sites is 1. The smallest absolute Gasteiger partial charge is 0.250 e. The van der Waals surface area contributed by atoms with E-state index >= 15 is 0 Å². The molecule has 3 aromatic rings. The van der Waals surface area contributed by atoms with Gasteiger partial charge in [0.05, 0.1) is 12.3 Å². The van der Waals surface area contributed by atoms with E-state index in [4.69, 9.17) is 4.42 Å². The summed E-state index contributed by atoms with van der Waals surface area (Å²) in [7, 11) is -3.51. The highest BCUT2D eigenvalue weighted by Crippen LogP contribution is 2.25. The third kappa shape index (κ3) is 4.30. The fraction of sp³-hybridized carbons (Fsp3) is 0.300. The van der Waals surface area contributed by atoms with E-state index in [1.807, 2.05) is 30.3 Å². The lowest BCUT2D eigenvalue weighted by atomic mass is 10.1. The molecule has 1 fully saturated rings. The van der Waals surface area contributed by atoms with Crippen LogP contribution >= 0.6 is 11.3 Å². The van der Waals surface area contributed by atoms with E-state index in [0.717, 1.165) is 31.9 Å². The quantitative estimate of drug-likeness (QED) is 0.640. The molecule has 0 amide bonds. The Morgan fingerprint density at radius 1 is 1.00 bits per heavy atom. The molecule has 1 atom stereocenters. The predicted molar refractivity (Wildman–Crippen MR) is 111 cm³/mol. The van der Waals surface area contributed by atoms with Crippen molar-refractivity contribution in [3.05, 3.63) is 72.0 Å². The van der Waals surface area contributed by atoms with Gasteiger partial charge in [0, 0.05) is 38.4 Å². The Bertz CT molecular complexity index is 950. The van der Waals surface area contributed by atoms with Gasteiger partial charge >= 0.3 is 0 Å². The van der Waals surface area contributed by atoms with Gasteiger partial charge < -0.3 is 9.32 Å². The molecule has 6 nitrogen and oxygen atoms in total. The Labute approximate surface area is 169 Å². The first kappa shape index (κ1) is 19.2. The van der Waals surface area contributed by atoms with Gasteiger partial charge in [0.2, 0.25) is 10.0 Å². The van der Waals surface area contributed by atoms with Crippen molar-refractivity contribution in [3.8, 4) is 0 Å². The summed E-state index contributed by atoms with van der Waals surface area (Å²) < 4.78 is 33.8. The number of hydrogen-bond acceptors (Lipinski definition) is 6. The van der Waals surface area contributed by atoms with Crippen LogP contribution in [0.5, 0.6) is 0 Å². The molecule has 1 aromatic carbocycles. The van der Waals surface area contributed by atoms with Gasteiger partial charge in [0.15, 0.2) is 0 Å². The second kappa shape index (κ2) is 8.48. The van der Waals surface area contributed by atoms with Crippen molar-refractivity contribution >= 4 is 27.0 Å². The molecule has 0 bridgehead atoms. The molecule has 1 N–H and O–H groups in total. The number of hydrogen-bond donors (Lipinski definition) is 1. The normalized spacial score (nSPS) is 16.9. The van der Waals surface area contributed by atoms with Crippen LogP contribution in [0.4, 0.5) is 5.69 Å². The largest absolute Gasteiger partial charge is 0.468 e. The Kier molecular flexibility index (Phi) is 5.82. The average Bonchev–Trinajstić information content (AvgIpc) is 3.44. The highest BCUT2D eigenvalue weighted by molar-refractivity contribution is 7.91. The molecule has 0 unspecified atom stereocenters. The predicted octanol–water partition coefficient (Wildman–Crippen LogP) is 3.18. The number of nitrogens with zero attached hydrogens (tertiary/aromatic N) is 2. The first-order valence-electron chi connectivity index (χ1n) is 9.24. The number of furan rings is 1. The van der Waals surface area contributed by atoms with E-state index in [1.165, 1.54) is 17.0 Å². The molecular formula is C20H23N3O3S2. The van der Waals surface area contributed by atoms with Crippen LogP contribution in [0.1, 0.15) is 11.8 Å². The summed E-state index contributed by atoms with van der Waals surface area (Å²) in [6, 6.07) is 17.3. The maximum atomic E-state index is 12.5. The summed E-state index contributed by atoms with van der Waals surface area (Å²) in [6.07, 6.45) is 1.64. The van der Waals surface area contributed by atoms with Crippen molar-refractivity contribution in [3.63, 3.8) is 0 Å². The summed E-state index contributed by atoms with van der Waals surface area (Å²) in [5, 5.41) is 1.77. The first-order valence-corrected chi connectivity index (χ1v) is 11.6. The minimum Gasteiger partial charge on any atom is -0.468 e. The van der Waals surface area contributed by atoms with Crippen molar-refractivity contribution in [2.75, 3.05) is 37.6 Å². The molecule has 8 heteroatoms. The fourth-order valence-electron chi connectivity index (χ4n) is 3.50. The Morgan fingerprint density at radius 3 is 2.43 bits per heavy atom. The van der Waals surface area contributed by atoms with Crippen LogP contribution in [0, 0.1) is 0 Å². The minimum absolute atomic E-state index is 0.136. The summed E-state index contributed by atoms with van der Waals surface area (Å²) in [4.78, 5) is 4.64. The van der Waals surface area contributed by atoms with Crippen molar-refractivity contribution in [2.45, 2.75) is 10.3 Å². The van der Waals surface area contributed by atoms with Crippen LogP contribution in [0.3, 0.4) is 0 Å². The molecule has 1 aliphatic rings. The molecule has 0 radical (unpaired) electrons. The first-order chi connectivity index (χ1) is 13.6. The minimum atomic E-state index is -3.51. The van der Waals surface area contributed by atoms with Crippen molar-refractivity contribution < 1.29 is 12.8 Å². The molecule has 0 saturated carbocycles. The van der Waals surface area contributed by atoms with Crippen LogP contribution in [0.15, 0.2) is 74.9 Å². The second-order valence-corrected chi connectivity index (χ2v) is 9.62. The monoisotopic (exact) mass is 417 g/mol. The van der Waals surface area contributed by atoms with Crippen LogP contribution in [0.25, 0.3) is 0 Å². The standard InChI is InChI=1S/C20H23N3O3S2/c24-28(25,20-9-5-15-27-20)21-16-18(19-8-4-14-26-19)23-12-10-22(11-13-23)17-6-2-1-3-7-17/h1-9,14-15,18,21H,10-13,16H2/t18-/m1/s1. The zero-order valence-corrected chi connectivity index (χ0v) is 17.0. The lowest BCUT2D eigenvalue weighted by Crippen LogP contribution is -2.49. The van der Waals surface area contributed by atoms with Crippen molar-refractivity contribution in [1.82, 2.24) is 9.62 Å². The van der Waals surface area contributed by atoms with Gasteiger partial charge in [0.1, 0.15) is 9.97 Å². The van der Waals surface area contributed by atoms with Crippen LogP contribution in [-0.4, -0.2) is 46.0 Å². The lowest BCUT2D eigenvalue weighted by Gasteiger charge is -2.39. The van der Waals surface area contributed by atoms with Gasteiger partial charge in [-0.1, -0.05) is 24.3 Å². The number of nitrogens with one attached hydrogen (secondary N) is 1. The Morgan fingerprint density at radius 2 is 1.79 bits per heavy atom. The molecule has 0 aliphatic carbocycles. The maximum absolute atomic E-state index is 12.5. The van der Waals surface area contributed by atoms with Gasteiger partial charge in [0.25, 0.3) is 0 Å². The zero-order valence-electron chi connectivity index (χ0n) is 15.4. The van der Waals surface area contributed by atoms with Gasteiger partial charge in [-0.25, -0.2) is 13.1 Å². The number of benzene rings is 1. The molecule has 1 aliphatic heterocycles. The topological polar surface area (TPSA) is 65.8 Å². The lowest BCUT2D eigenvalue weighted by molar-refractivity contribution is 0.166. The molecule has 2 aromatic heterocycles. The molecule has 0 spiro atoms. The van der Waals surface area contributed by atoms with E-state index < -0.39 is 10.0 Å². The van der Waals surface area contributed by atoms with Crippen molar-refractivity contribution in [1.29, 1.82) is 0 Å². The zero-order chi connectivity index (χ0) is 19.4. The summed E-state index contributed by atoms with van der Waals surface area (Å²) in [5.41, 5.74) is 1.22. The average molecular weight is 418 g/mol. The van der Waals surface area contributed by atoms with Crippen LogP contribution in [0.2, 0.25) is 0 Å². The SMILES string of the molecule is O=S(=O)(NC[C@H](c1ccco1)N1CCN(c2ccccc2)CC1)c1cccs1. The third-order valence-electron chi connectivity index (χ3n) is 4.97. The molecule has 1 saturated heterocycles. The van der Waals surface area contributed by atoms with Crippen molar-refractivity contribution in [2.24, 2.45) is 0 Å². The molecule has 3 heterocycles. The van der Waals surface area contributed by atoms with Gasteiger partial charge in [-0.05, 0) is 35.7 Å². The van der Waals surface area contributed by atoms with Crippen LogP contribution < -0.4 is 9.62 Å². The van der Waals surface area contributed by atoms with E-state index in [-0.39, 0.29) is 12.6 Å². The van der Waals surface area contributed by atoms with Gasteiger partial charge in [-0.2, -0.15) is 0 Å². The molecule has 4 rings (SSSR count). The third-order valence-corrected chi connectivity index (χ3v) is 7.80.